The van der Waals surface area contributed by atoms with E-state index in [9.17, 15) is 9.59 Å². The van der Waals surface area contributed by atoms with Crippen LogP contribution in [-0.2, 0) is 21.5 Å². The molecule has 2 aromatic heterocycles. The molecule has 0 fully saturated rings. The highest BCUT2D eigenvalue weighted by Gasteiger charge is 2.40. The molecule has 4 aromatic rings. The van der Waals surface area contributed by atoms with Crippen LogP contribution in [0.1, 0.15) is 54.2 Å². The molecule has 2 aliphatic rings. The molecule has 0 saturated carbocycles. The van der Waals surface area contributed by atoms with Crippen molar-refractivity contribution in [2.75, 3.05) is 24.0 Å². The molecule has 4 heterocycles. The second-order valence-electron chi connectivity index (χ2n) is 11.2. The molecule has 2 amide bonds. The average Bonchev–Trinajstić information content (AvgIpc) is 3.69. The Balaban J connectivity index is 1.50. The Labute approximate surface area is 242 Å². The molecule has 212 valence electrons. The first-order valence-electron chi connectivity index (χ1n) is 13.5. The van der Waals surface area contributed by atoms with Crippen molar-refractivity contribution >= 4 is 29.4 Å². The van der Waals surface area contributed by atoms with E-state index in [0.717, 1.165) is 28.1 Å². The number of anilines is 1. The topological polar surface area (TPSA) is 98.8 Å². The first-order valence-corrected chi connectivity index (χ1v) is 14.5. The van der Waals surface area contributed by atoms with Gasteiger partial charge in [0.05, 0.1) is 35.2 Å². The van der Waals surface area contributed by atoms with Crippen LogP contribution in [0.4, 0.5) is 5.82 Å². The van der Waals surface area contributed by atoms with Gasteiger partial charge >= 0.3 is 0 Å². The van der Waals surface area contributed by atoms with E-state index < -0.39 is 0 Å². The highest BCUT2D eigenvalue weighted by molar-refractivity contribution is 8.00. The number of aromatic nitrogens is 2. The number of rotatable bonds is 6. The molecular weight excluding hydrogens is 540 g/mol. The molecular formula is C31H32N4O5S. The van der Waals surface area contributed by atoms with Crippen molar-refractivity contribution in [1.82, 2.24) is 15.1 Å². The maximum Gasteiger partial charge on any atom is 0.240 e. The van der Waals surface area contributed by atoms with Gasteiger partial charge in [-0.2, -0.15) is 5.10 Å². The molecule has 1 N–H and O–H groups in total. The summed E-state index contributed by atoms with van der Waals surface area (Å²) in [4.78, 5) is 28.6. The molecule has 0 unspecified atom stereocenters. The fourth-order valence-corrected chi connectivity index (χ4v) is 6.26. The highest BCUT2D eigenvalue weighted by Crippen LogP contribution is 2.49. The lowest BCUT2D eigenvalue weighted by Crippen LogP contribution is -2.42. The van der Waals surface area contributed by atoms with Crippen LogP contribution in [0.25, 0.3) is 5.69 Å². The number of fused-ring (bicyclic) bond motifs is 2. The zero-order valence-corrected chi connectivity index (χ0v) is 24.3. The van der Waals surface area contributed by atoms with Gasteiger partial charge in [0.25, 0.3) is 0 Å². The lowest BCUT2D eigenvalue weighted by Gasteiger charge is -2.24. The van der Waals surface area contributed by atoms with Crippen LogP contribution in [0.2, 0.25) is 0 Å². The third-order valence-electron chi connectivity index (χ3n) is 7.12. The van der Waals surface area contributed by atoms with Crippen molar-refractivity contribution < 1.29 is 23.5 Å². The number of carbonyl (C=O) groups is 2. The predicted octanol–water partition coefficient (Wildman–Crippen LogP) is 5.29. The monoisotopic (exact) mass is 572 g/mol. The van der Waals surface area contributed by atoms with Gasteiger partial charge in [-0.15, -0.1) is 11.8 Å². The van der Waals surface area contributed by atoms with Crippen LogP contribution >= 0.6 is 11.8 Å². The van der Waals surface area contributed by atoms with E-state index in [1.54, 1.807) is 23.3 Å². The zero-order valence-electron chi connectivity index (χ0n) is 23.5. The van der Waals surface area contributed by atoms with Crippen molar-refractivity contribution in [2.24, 2.45) is 0 Å². The first-order chi connectivity index (χ1) is 19.7. The van der Waals surface area contributed by atoms with Crippen LogP contribution in [0.5, 0.6) is 11.5 Å². The molecule has 9 nitrogen and oxygen atoms in total. The van der Waals surface area contributed by atoms with Gasteiger partial charge in [-0.25, -0.2) is 4.68 Å². The van der Waals surface area contributed by atoms with Gasteiger partial charge in [-0.05, 0) is 48.9 Å². The highest BCUT2D eigenvalue weighted by atomic mass is 32.2. The standard InChI is InChI=1S/C31H32N4O5S/c1-19-7-10-21(11-8-19)35-30-27(29(33-35)31(2,3)4)28(20-9-12-23-24(14-20)40-18-39-23)41-17-26(37)34(30)16-25(36)32-15-22-6-5-13-38-22/h5-14,28H,15-18H2,1-4H3,(H,32,36)/t28-/m1/s1. The summed E-state index contributed by atoms with van der Waals surface area (Å²) >= 11 is 1.53. The third-order valence-corrected chi connectivity index (χ3v) is 8.37. The number of amides is 2. The molecule has 0 aliphatic carbocycles. The quantitative estimate of drug-likeness (QED) is 0.335. The van der Waals surface area contributed by atoms with Crippen LogP contribution in [0, 0.1) is 6.92 Å². The minimum atomic E-state index is -0.351. The maximum atomic E-state index is 13.8. The number of hydrogen-bond acceptors (Lipinski definition) is 7. The van der Waals surface area contributed by atoms with Crippen LogP contribution in [-0.4, -0.2) is 40.7 Å². The number of nitrogens with zero attached hydrogens (tertiary/aromatic N) is 3. The number of aryl methyl sites for hydroxylation is 1. The van der Waals surface area contributed by atoms with Crippen LogP contribution in [0.3, 0.4) is 0 Å². The summed E-state index contributed by atoms with van der Waals surface area (Å²) in [7, 11) is 0. The molecule has 10 heteroatoms. The van der Waals surface area contributed by atoms with Gasteiger partial charge < -0.3 is 19.2 Å². The summed E-state index contributed by atoms with van der Waals surface area (Å²) in [6, 6.07) is 17.5. The number of nitrogens with one attached hydrogen (secondary N) is 1. The molecule has 0 spiro atoms. The summed E-state index contributed by atoms with van der Waals surface area (Å²) in [5.74, 6) is 2.35. The van der Waals surface area contributed by atoms with Crippen molar-refractivity contribution in [1.29, 1.82) is 0 Å². The van der Waals surface area contributed by atoms with Crippen molar-refractivity contribution in [2.45, 2.75) is 44.9 Å². The second kappa shape index (κ2) is 10.7. The van der Waals surface area contributed by atoms with Gasteiger partial charge in [-0.1, -0.05) is 44.5 Å². The zero-order chi connectivity index (χ0) is 28.7. The summed E-state index contributed by atoms with van der Waals surface area (Å²) < 4.78 is 18.4. The van der Waals surface area contributed by atoms with Gasteiger partial charge in [0.15, 0.2) is 11.5 Å². The summed E-state index contributed by atoms with van der Waals surface area (Å²) in [5, 5.41) is 7.80. The molecule has 2 aromatic carbocycles. The van der Waals surface area contributed by atoms with Crippen molar-refractivity contribution in [3.63, 3.8) is 0 Å². The molecule has 41 heavy (non-hydrogen) atoms. The average molecular weight is 573 g/mol. The van der Waals surface area contributed by atoms with Crippen molar-refractivity contribution in [3.8, 4) is 17.2 Å². The van der Waals surface area contributed by atoms with E-state index in [0.29, 0.717) is 23.1 Å². The molecule has 6 rings (SSSR count). The number of hydrogen-bond donors (Lipinski definition) is 1. The molecule has 0 saturated heterocycles. The Morgan fingerprint density at radius 3 is 2.61 bits per heavy atom. The Morgan fingerprint density at radius 2 is 1.88 bits per heavy atom. The number of benzene rings is 2. The Kier molecular flexibility index (Phi) is 7.03. The number of carbonyl (C=O) groups excluding carboxylic acids is 2. The van der Waals surface area contributed by atoms with E-state index in [-0.39, 0.29) is 48.1 Å². The predicted molar refractivity (Wildman–Crippen MR) is 157 cm³/mol. The van der Waals surface area contributed by atoms with E-state index in [1.165, 1.54) is 11.8 Å². The summed E-state index contributed by atoms with van der Waals surface area (Å²) in [6.45, 7) is 8.64. The summed E-state index contributed by atoms with van der Waals surface area (Å²) in [5.41, 5.74) is 4.32. The Bertz CT molecular complexity index is 1590. The van der Waals surface area contributed by atoms with E-state index in [2.05, 4.69) is 26.1 Å². The molecule has 2 aliphatic heterocycles. The van der Waals surface area contributed by atoms with E-state index in [4.69, 9.17) is 19.0 Å². The molecule has 1 atom stereocenters. The molecule has 0 bridgehead atoms. The lowest BCUT2D eigenvalue weighted by atomic mass is 9.87. The maximum absolute atomic E-state index is 13.8. The number of ether oxygens (including phenoxy) is 2. The van der Waals surface area contributed by atoms with Crippen LogP contribution in [0.15, 0.2) is 65.3 Å². The fourth-order valence-electron chi connectivity index (χ4n) is 5.08. The number of thioether (sulfide) groups is 1. The number of furan rings is 1. The largest absolute Gasteiger partial charge is 0.467 e. The lowest BCUT2D eigenvalue weighted by molar-refractivity contribution is -0.123. The first kappa shape index (κ1) is 27.0. The van der Waals surface area contributed by atoms with Gasteiger partial charge in [0.2, 0.25) is 18.6 Å². The minimum Gasteiger partial charge on any atom is -0.467 e. The summed E-state index contributed by atoms with van der Waals surface area (Å²) in [6.07, 6.45) is 1.56. The van der Waals surface area contributed by atoms with Gasteiger partial charge in [0, 0.05) is 11.0 Å². The molecule has 0 radical (unpaired) electrons. The Morgan fingerprint density at radius 1 is 1.10 bits per heavy atom. The third kappa shape index (κ3) is 5.31. The SMILES string of the molecule is Cc1ccc(-n2nc(C(C)(C)C)c3c2N(CC(=O)NCc2ccco2)C(=O)CS[C@@H]3c2ccc3c(c2)OCO3)cc1. The smallest absolute Gasteiger partial charge is 0.240 e. The van der Waals surface area contributed by atoms with Crippen molar-refractivity contribution in [3.05, 3.63) is 89.0 Å². The normalized spacial score (nSPS) is 16.4. The van der Waals surface area contributed by atoms with E-state index >= 15 is 0 Å². The van der Waals surface area contributed by atoms with Gasteiger partial charge in [-0.3, -0.25) is 14.5 Å². The fraction of sp³-hybridized carbons (Fsp3) is 0.323. The second-order valence-corrected chi connectivity index (χ2v) is 12.3. The minimum absolute atomic E-state index is 0.151. The van der Waals surface area contributed by atoms with Gasteiger partial charge in [0.1, 0.15) is 18.1 Å². The Hall–Kier alpha value is -4.18. The van der Waals surface area contributed by atoms with Crippen LogP contribution < -0.4 is 19.7 Å². The van der Waals surface area contributed by atoms with E-state index in [1.807, 2.05) is 54.1 Å².